The molecule has 0 saturated heterocycles. The second kappa shape index (κ2) is 7.05. The summed E-state index contributed by atoms with van der Waals surface area (Å²) in [5, 5.41) is 9.99. The lowest BCUT2D eigenvalue weighted by molar-refractivity contribution is -0.161. The minimum absolute atomic E-state index is 0.235. The highest BCUT2D eigenvalue weighted by Crippen LogP contribution is 2.23. The monoisotopic (exact) mass is 280 g/mol. The van der Waals surface area contributed by atoms with E-state index in [0.29, 0.717) is 5.56 Å². The summed E-state index contributed by atoms with van der Waals surface area (Å²) in [7, 11) is 0. The van der Waals surface area contributed by atoms with Crippen molar-refractivity contribution < 1.29 is 24.2 Å². The zero-order valence-corrected chi connectivity index (χ0v) is 12.0. The fourth-order valence-electron chi connectivity index (χ4n) is 1.47. The van der Waals surface area contributed by atoms with Gasteiger partial charge < -0.3 is 14.6 Å². The second-order valence-corrected chi connectivity index (χ2v) is 4.92. The Morgan fingerprint density at radius 1 is 1.20 bits per heavy atom. The summed E-state index contributed by atoms with van der Waals surface area (Å²) in [5.74, 6) is -1.06. The molecule has 0 radical (unpaired) electrons. The SMILES string of the molecule is CCOC(=O)C(C)(C)C(O)COC(=O)c1ccccc1. The second-order valence-electron chi connectivity index (χ2n) is 4.92. The minimum Gasteiger partial charge on any atom is -0.466 e. The van der Waals surface area contributed by atoms with Gasteiger partial charge >= 0.3 is 11.9 Å². The van der Waals surface area contributed by atoms with Gasteiger partial charge in [-0.15, -0.1) is 0 Å². The third kappa shape index (κ3) is 4.06. The summed E-state index contributed by atoms with van der Waals surface area (Å²) in [6, 6.07) is 8.46. The summed E-state index contributed by atoms with van der Waals surface area (Å²) in [5.41, 5.74) is -0.735. The Morgan fingerprint density at radius 2 is 1.80 bits per heavy atom. The molecule has 1 aromatic rings. The number of hydrogen-bond donors (Lipinski definition) is 1. The number of rotatable bonds is 6. The normalized spacial score (nSPS) is 12.6. The highest BCUT2D eigenvalue weighted by Gasteiger charge is 2.38. The molecule has 20 heavy (non-hydrogen) atoms. The Balaban J connectivity index is 2.56. The van der Waals surface area contributed by atoms with Crippen molar-refractivity contribution in [3.63, 3.8) is 0 Å². The molecule has 0 aliphatic heterocycles. The summed E-state index contributed by atoms with van der Waals surface area (Å²) in [6.45, 7) is 4.76. The maximum absolute atomic E-state index is 11.7. The molecule has 1 aromatic carbocycles. The third-order valence-electron chi connectivity index (χ3n) is 3.02. The van der Waals surface area contributed by atoms with Gasteiger partial charge in [0.05, 0.1) is 17.6 Å². The molecule has 0 fully saturated rings. The third-order valence-corrected chi connectivity index (χ3v) is 3.02. The van der Waals surface area contributed by atoms with Gasteiger partial charge in [0.1, 0.15) is 12.7 Å². The molecule has 5 heteroatoms. The summed E-state index contributed by atoms with van der Waals surface area (Å²) in [6.07, 6.45) is -1.13. The van der Waals surface area contributed by atoms with Crippen molar-refractivity contribution in [3.8, 4) is 0 Å². The number of ether oxygens (including phenoxy) is 2. The van der Waals surface area contributed by atoms with Gasteiger partial charge in [-0.1, -0.05) is 18.2 Å². The smallest absolute Gasteiger partial charge is 0.338 e. The van der Waals surface area contributed by atoms with Crippen LogP contribution in [-0.2, 0) is 14.3 Å². The first-order chi connectivity index (χ1) is 9.39. The fraction of sp³-hybridized carbons (Fsp3) is 0.467. The summed E-state index contributed by atoms with van der Waals surface area (Å²) < 4.78 is 9.89. The average Bonchev–Trinajstić information content (AvgIpc) is 2.45. The molecule has 0 bridgehead atoms. The zero-order valence-electron chi connectivity index (χ0n) is 12.0. The zero-order chi connectivity index (χ0) is 15.2. The van der Waals surface area contributed by atoms with E-state index in [0.717, 1.165) is 0 Å². The van der Waals surface area contributed by atoms with Gasteiger partial charge in [0.15, 0.2) is 0 Å². The minimum atomic E-state index is -1.13. The molecule has 0 amide bonds. The van der Waals surface area contributed by atoms with Crippen LogP contribution in [0.5, 0.6) is 0 Å². The highest BCUT2D eigenvalue weighted by molar-refractivity contribution is 5.89. The number of aliphatic hydroxyl groups is 1. The lowest BCUT2D eigenvalue weighted by Crippen LogP contribution is -2.41. The first kappa shape index (κ1) is 16.2. The van der Waals surface area contributed by atoms with Crippen LogP contribution in [0, 0.1) is 5.41 Å². The first-order valence-electron chi connectivity index (χ1n) is 6.47. The van der Waals surface area contributed by atoms with Crippen molar-refractivity contribution in [2.24, 2.45) is 5.41 Å². The van der Waals surface area contributed by atoms with Crippen LogP contribution in [0.3, 0.4) is 0 Å². The molecule has 0 aliphatic rings. The molecule has 5 nitrogen and oxygen atoms in total. The molecular formula is C15H20O5. The van der Waals surface area contributed by atoms with Crippen LogP contribution in [-0.4, -0.2) is 36.4 Å². The molecule has 0 aliphatic carbocycles. The number of benzene rings is 1. The van der Waals surface area contributed by atoms with E-state index in [-0.39, 0.29) is 13.2 Å². The van der Waals surface area contributed by atoms with Crippen LogP contribution in [0.1, 0.15) is 31.1 Å². The standard InChI is InChI=1S/C15H20O5/c1-4-19-14(18)15(2,3)12(16)10-20-13(17)11-8-6-5-7-9-11/h5-9,12,16H,4,10H2,1-3H3. The molecule has 1 rings (SSSR count). The van der Waals surface area contributed by atoms with Crippen LogP contribution in [0.4, 0.5) is 0 Å². The average molecular weight is 280 g/mol. The Labute approximate surface area is 118 Å². The molecule has 0 saturated carbocycles. The number of carbonyl (C=O) groups is 2. The summed E-state index contributed by atoms with van der Waals surface area (Å²) >= 11 is 0. The summed E-state index contributed by atoms with van der Waals surface area (Å²) in [4.78, 5) is 23.4. The molecule has 1 N–H and O–H groups in total. The molecule has 0 heterocycles. The number of esters is 2. The van der Waals surface area contributed by atoms with Crippen LogP contribution >= 0.6 is 0 Å². The van der Waals surface area contributed by atoms with E-state index < -0.39 is 23.5 Å². The van der Waals surface area contributed by atoms with Crippen molar-refractivity contribution >= 4 is 11.9 Å². The van der Waals surface area contributed by atoms with Crippen molar-refractivity contribution in [1.29, 1.82) is 0 Å². The van der Waals surface area contributed by atoms with Crippen LogP contribution in [0.2, 0.25) is 0 Å². The molecule has 110 valence electrons. The van der Waals surface area contributed by atoms with E-state index in [1.54, 1.807) is 51.1 Å². The Kier molecular flexibility index (Phi) is 5.70. The predicted octanol–water partition coefficient (Wildman–Crippen LogP) is 1.79. The van der Waals surface area contributed by atoms with Crippen LogP contribution in [0.25, 0.3) is 0 Å². The van der Waals surface area contributed by atoms with Crippen molar-refractivity contribution in [1.82, 2.24) is 0 Å². The van der Waals surface area contributed by atoms with Gasteiger partial charge in [-0.05, 0) is 32.9 Å². The fourth-order valence-corrected chi connectivity index (χ4v) is 1.47. The van der Waals surface area contributed by atoms with Gasteiger partial charge in [0.25, 0.3) is 0 Å². The highest BCUT2D eigenvalue weighted by atomic mass is 16.5. The molecule has 1 atom stereocenters. The Morgan fingerprint density at radius 3 is 2.35 bits per heavy atom. The molecule has 0 spiro atoms. The lowest BCUT2D eigenvalue weighted by atomic mass is 9.87. The largest absolute Gasteiger partial charge is 0.466 e. The van der Waals surface area contributed by atoms with Crippen molar-refractivity contribution in [2.75, 3.05) is 13.2 Å². The van der Waals surface area contributed by atoms with E-state index in [1.165, 1.54) is 0 Å². The molecular weight excluding hydrogens is 260 g/mol. The van der Waals surface area contributed by atoms with E-state index in [9.17, 15) is 14.7 Å². The van der Waals surface area contributed by atoms with E-state index in [4.69, 9.17) is 9.47 Å². The first-order valence-corrected chi connectivity index (χ1v) is 6.47. The van der Waals surface area contributed by atoms with Gasteiger partial charge in [-0.3, -0.25) is 4.79 Å². The Hall–Kier alpha value is -1.88. The van der Waals surface area contributed by atoms with Crippen LogP contribution in [0.15, 0.2) is 30.3 Å². The number of hydrogen-bond acceptors (Lipinski definition) is 5. The predicted molar refractivity (Wildman–Crippen MR) is 73.1 cm³/mol. The van der Waals surface area contributed by atoms with E-state index in [2.05, 4.69) is 0 Å². The molecule has 1 unspecified atom stereocenters. The van der Waals surface area contributed by atoms with E-state index in [1.807, 2.05) is 0 Å². The molecule has 0 aromatic heterocycles. The van der Waals surface area contributed by atoms with Gasteiger partial charge in [-0.2, -0.15) is 0 Å². The Bertz CT molecular complexity index is 453. The van der Waals surface area contributed by atoms with Crippen molar-refractivity contribution in [2.45, 2.75) is 26.9 Å². The number of aliphatic hydroxyl groups excluding tert-OH is 1. The lowest BCUT2D eigenvalue weighted by Gasteiger charge is -2.27. The maximum Gasteiger partial charge on any atom is 0.338 e. The maximum atomic E-state index is 11.7. The topological polar surface area (TPSA) is 72.8 Å². The van der Waals surface area contributed by atoms with Crippen LogP contribution < -0.4 is 0 Å². The number of carbonyl (C=O) groups excluding carboxylic acids is 2. The quantitative estimate of drug-likeness (QED) is 0.804. The van der Waals surface area contributed by atoms with Gasteiger partial charge in [-0.25, -0.2) is 4.79 Å². The van der Waals surface area contributed by atoms with E-state index >= 15 is 0 Å². The van der Waals surface area contributed by atoms with Gasteiger partial charge in [0, 0.05) is 0 Å². The van der Waals surface area contributed by atoms with Crippen molar-refractivity contribution in [3.05, 3.63) is 35.9 Å². The van der Waals surface area contributed by atoms with Gasteiger partial charge in [0.2, 0.25) is 0 Å².